The minimum atomic E-state index is -1.20. The Balaban J connectivity index is 1.43. The third-order valence-electron chi connectivity index (χ3n) is 6.46. The number of carbonyl (C=O) groups is 4. The lowest BCUT2D eigenvalue weighted by Gasteiger charge is -2.38. The van der Waals surface area contributed by atoms with E-state index in [0.29, 0.717) is 0 Å². The maximum absolute atomic E-state index is 13.0. The van der Waals surface area contributed by atoms with Crippen LogP contribution in [0.1, 0.15) is 30.4 Å². The number of carboxylic acid groups (broad SMARTS) is 1. The first kappa shape index (κ1) is 23.3. The van der Waals surface area contributed by atoms with Crippen LogP contribution in [0.2, 0.25) is 0 Å². The van der Waals surface area contributed by atoms with E-state index in [0.717, 1.165) is 27.2 Å². The number of fused-ring (bicyclic) bond motifs is 3. The van der Waals surface area contributed by atoms with Gasteiger partial charge in [-0.15, -0.1) is 0 Å². The molecule has 0 radical (unpaired) electrons. The third-order valence-corrected chi connectivity index (χ3v) is 6.46. The van der Waals surface area contributed by atoms with Gasteiger partial charge >= 0.3 is 12.1 Å². The molecule has 0 saturated carbocycles. The zero-order valence-electron chi connectivity index (χ0n) is 19.1. The number of piperazine rings is 1. The van der Waals surface area contributed by atoms with E-state index in [1.165, 1.54) is 11.9 Å². The number of hydrogen-bond acceptors (Lipinski definition) is 5. The molecular formula is C25H27N3O6. The summed E-state index contributed by atoms with van der Waals surface area (Å²) in [6.45, 7) is 1.33. The van der Waals surface area contributed by atoms with Crippen LogP contribution in [-0.4, -0.2) is 77.6 Å². The number of nitrogens with zero attached hydrogens (tertiary/aromatic N) is 2. The number of ether oxygens (including phenoxy) is 1. The molecule has 34 heavy (non-hydrogen) atoms. The van der Waals surface area contributed by atoms with Crippen LogP contribution in [0, 0.1) is 0 Å². The topological polar surface area (TPSA) is 116 Å². The molecule has 2 aliphatic rings. The molecule has 4 rings (SSSR count). The normalized spacial score (nSPS) is 18.2. The van der Waals surface area contributed by atoms with Crippen molar-refractivity contribution in [2.75, 3.05) is 26.7 Å². The Bertz CT molecular complexity index is 1090. The Hall–Kier alpha value is -3.88. The number of rotatable bonds is 6. The summed E-state index contributed by atoms with van der Waals surface area (Å²) in [6, 6.07) is 13.7. The van der Waals surface area contributed by atoms with E-state index in [4.69, 9.17) is 4.74 Å². The van der Waals surface area contributed by atoms with Gasteiger partial charge < -0.3 is 25.0 Å². The number of hydrogen-bond donors (Lipinski definition) is 2. The maximum Gasteiger partial charge on any atom is 0.407 e. The van der Waals surface area contributed by atoms with E-state index < -0.39 is 30.1 Å². The van der Waals surface area contributed by atoms with Gasteiger partial charge in [0.1, 0.15) is 25.2 Å². The molecule has 2 aromatic rings. The first-order valence-corrected chi connectivity index (χ1v) is 11.2. The Kier molecular flexibility index (Phi) is 6.54. The Morgan fingerprint density at radius 2 is 1.68 bits per heavy atom. The largest absolute Gasteiger partial charge is 0.480 e. The van der Waals surface area contributed by atoms with Crippen LogP contribution in [0.3, 0.4) is 0 Å². The zero-order valence-corrected chi connectivity index (χ0v) is 19.1. The first-order valence-electron chi connectivity index (χ1n) is 11.2. The number of alkyl carbamates (subject to hydrolysis) is 1. The molecule has 9 nitrogen and oxygen atoms in total. The molecule has 1 aliphatic carbocycles. The highest BCUT2D eigenvalue weighted by Crippen LogP contribution is 2.44. The number of amides is 3. The minimum Gasteiger partial charge on any atom is -0.480 e. The van der Waals surface area contributed by atoms with Crippen molar-refractivity contribution in [1.82, 2.24) is 15.1 Å². The maximum atomic E-state index is 13.0. The van der Waals surface area contributed by atoms with E-state index in [-0.39, 0.29) is 37.9 Å². The lowest BCUT2D eigenvalue weighted by molar-refractivity contribution is -0.159. The minimum absolute atomic E-state index is 0.0925. The monoisotopic (exact) mass is 465 g/mol. The molecule has 1 fully saturated rings. The number of aliphatic carboxylic acids is 1. The van der Waals surface area contributed by atoms with Gasteiger partial charge in [-0.25, -0.2) is 9.59 Å². The molecule has 2 N–H and O–H groups in total. The molecule has 0 spiro atoms. The average Bonchev–Trinajstić information content (AvgIpc) is 3.15. The molecular weight excluding hydrogens is 438 g/mol. The van der Waals surface area contributed by atoms with Crippen molar-refractivity contribution in [3.63, 3.8) is 0 Å². The number of nitrogens with one attached hydrogen (secondary N) is 1. The van der Waals surface area contributed by atoms with E-state index >= 15 is 0 Å². The summed E-state index contributed by atoms with van der Waals surface area (Å²) in [7, 11) is 1.49. The van der Waals surface area contributed by atoms with Crippen LogP contribution in [0.5, 0.6) is 0 Å². The molecule has 2 aromatic carbocycles. The number of benzene rings is 2. The smallest absolute Gasteiger partial charge is 0.407 e. The fraction of sp³-hybridized carbons (Fsp3) is 0.360. The molecule has 1 unspecified atom stereocenters. The fourth-order valence-corrected chi connectivity index (χ4v) is 4.60. The predicted octanol–water partition coefficient (Wildman–Crippen LogP) is 2.06. The average molecular weight is 466 g/mol. The quantitative estimate of drug-likeness (QED) is 0.675. The summed E-state index contributed by atoms with van der Waals surface area (Å²) in [6.07, 6.45) is -0.551. The van der Waals surface area contributed by atoms with Crippen molar-refractivity contribution in [1.29, 1.82) is 0 Å². The second kappa shape index (κ2) is 9.54. The van der Waals surface area contributed by atoms with Crippen LogP contribution in [-0.2, 0) is 19.1 Å². The van der Waals surface area contributed by atoms with Gasteiger partial charge in [0.05, 0.1) is 6.54 Å². The van der Waals surface area contributed by atoms with E-state index in [1.54, 1.807) is 6.92 Å². The van der Waals surface area contributed by atoms with Crippen molar-refractivity contribution >= 4 is 23.9 Å². The summed E-state index contributed by atoms with van der Waals surface area (Å²) in [5.74, 6) is -2.31. The van der Waals surface area contributed by atoms with Gasteiger partial charge in [0.2, 0.25) is 11.8 Å². The first-order chi connectivity index (χ1) is 16.3. The van der Waals surface area contributed by atoms with E-state index in [9.17, 15) is 24.3 Å². The van der Waals surface area contributed by atoms with Crippen LogP contribution in [0.15, 0.2) is 48.5 Å². The molecule has 2 atom stereocenters. The van der Waals surface area contributed by atoms with Crippen LogP contribution < -0.4 is 5.32 Å². The fourth-order valence-electron chi connectivity index (χ4n) is 4.60. The van der Waals surface area contributed by atoms with Gasteiger partial charge in [0.15, 0.2) is 0 Å². The molecule has 0 bridgehead atoms. The summed E-state index contributed by atoms with van der Waals surface area (Å²) >= 11 is 0. The highest BCUT2D eigenvalue weighted by molar-refractivity contribution is 5.94. The van der Waals surface area contributed by atoms with Crippen molar-refractivity contribution in [2.24, 2.45) is 0 Å². The summed E-state index contributed by atoms with van der Waals surface area (Å²) in [4.78, 5) is 51.7. The Morgan fingerprint density at radius 3 is 2.24 bits per heavy atom. The van der Waals surface area contributed by atoms with Gasteiger partial charge in [-0.1, -0.05) is 55.5 Å². The van der Waals surface area contributed by atoms with Crippen molar-refractivity contribution in [3.05, 3.63) is 59.7 Å². The van der Waals surface area contributed by atoms with Gasteiger partial charge in [0, 0.05) is 13.0 Å². The summed E-state index contributed by atoms with van der Waals surface area (Å²) < 4.78 is 5.51. The zero-order chi connectivity index (χ0) is 24.4. The number of carbonyl (C=O) groups excluding carboxylic acids is 3. The third kappa shape index (κ3) is 4.33. The number of likely N-dealkylation sites (N-methyl/N-ethyl adjacent to an activating group) is 1. The van der Waals surface area contributed by atoms with E-state index in [2.05, 4.69) is 5.32 Å². The highest BCUT2D eigenvalue weighted by atomic mass is 16.5. The van der Waals surface area contributed by atoms with Crippen molar-refractivity contribution in [2.45, 2.75) is 31.3 Å². The molecule has 1 heterocycles. The highest BCUT2D eigenvalue weighted by Gasteiger charge is 2.40. The van der Waals surface area contributed by atoms with Gasteiger partial charge in [-0.3, -0.25) is 9.59 Å². The standard InChI is InChI=1S/C25H27N3O6/c1-3-20(23(30)28-13-22(29)27(2)12-21(28)24(31)32)26-25(33)34-14-19-17-10-6-4-8-15(17)16-9-5-7-11-18(16)19/h4-11,19-21H,3,12-14H2,1-2H3,(H,26,33)(H,31,32)/t20-,21?/m1/s1. The van der Waals surface area contributed by atoms with E-state index in [1.807, 2.05) is 48.5 Å². The van der Waals surface area contributed by atoms with Crippen LogP contribution in [0.25, 0.3) is 11.1 Å². The predicted molar refractivity (Wildman–Crippen MR) is 123 cm³/mol. The number of carboxylic acids is 1. The molecule has 1 aliphatic heterocycles. The summed E-state index contributed by atoms with van der Waals surface area (Å²) in [5.41, 5.74) is 4.35. The Morgan fingerprint density at radius 1 is 1.09 bits per heavy atom. The molecule has 178 valence electrons. The van der Waals surface area contributed by atoms with Gasteiger partial charge in [-0.2, -0.15) is 0 Å². The second-order valence-corrected chi connectivity index (χ2v) is 8.53. The molecule has 3 amide bonds. The van der Waals surface area contributed by atoms with Gasteiger partial charge in [0.25, 0.3) is 0 Å². The second-order valence-electron chi connectivity index (χ2n) is 8.53. The van der Waals surface area contributed by atoms with Crippen LogP contribution >= 0.6 is 0 Å². The van der Waals surface area contributed by atoms with Crippen LogP contribution in [0.4, 0.5) is 4.79 Å². The molecule has 1 saturated heterocycles. The SMILES string of the molecule is CC[C@@H](NC(=O)OCC1c2ccccc2-c2ccccc21)C(=O)N1CC(=O)N(C)CC1C(=O)O. The molecule has 0 aromatic heterocycles. The molecule has 9 heteroatoms. The van der Waals surface area contributed by atoms with Crippen molar-refractivity contribution < 1.29 is 29.0 Å². The van der Waals surface area contributed by atoms with Crippen molar-refractivity contribution in [3.8, 4) is 11.1 Å². The Labute approximate surface area is 197 Å². The lowest BCUT2D eigenvalue weighted by Crippen LogP contribution is -2.63. The lowest BCUT2D eigenvalue weighted by atomic mass is 9.98. The summed E-state index contributed by atoms with van der Waals surface area (Å²) in [5, 5.41) is 12.1. The van der Waals surface area contributed by atoms with Gasteiger partial charge in [-0.05, 0) is 28.7 Å².